The average Bonchev–Trinajstić information content (AvgIpc) is 2.53. The average molecular weight is 303 g/mol. The van der Waals surface area contributed by atoms with Crippen molar-refractivity contribution in [3.63, 3.8) is 0 Å². The Bertz CT molecular complexity index is 517. The molecule has 0 aromatic heterocycles. The first kappa shape index (κ1) is 17.4. The Kier molecular flexibility index (Phi) is 4.94. The van der Waals surface area contributed by atoms with E-state index < -0.39 is 0 Å². The molecule has 0 saturated heterocycles. The Labute approximate surface area is 137 Å². The molecule has 2 aliphatic carbocycles. The van der Waals surface area contributed by atoms with E-state index in [1.807, 2.05) is 13.8 Å². The summed E-state index contributed by atoms with van der Waals surface area (Å²) in [5.74, 6) is 2.63. The molecule has 22 heavy (non-hydrogen) atoms. The normalized spacial score (nSPS) is 32.1. The van der Waals surface area contributed by atoms with Gasteiger partial charge in [0, 0.05) is 0 Å². The van der Waals surface area contributed by atoms with Crippen molar-refractivity contribution in [2.75, 3.05) is 7.11 Å². The molecule has 3 unspecified atom stereocenters. The van der Waals surface area contributed by atoms with Crippen molar-refractivity contribution in [3.05, 3.63) is 29.3 Å². The van der Waals surface area contributed by atoms with Crippen LogP contribution in [0, 0.1) is 17.3 Å². The van der Waals surface area contributed by atoms with Crippen LogP contribution in [0.25, 0.3) is 0 Å². The van der Waals surface area contributed by atoms with Crippen LogP contribution in [0.3, 0.4) is 0 Å². The Hall–Kier alpha value is -0.980. The zero-order valence-electron chi connectivity index (χ0n) is 15.6. The van der Waals surface area contributed by atoms with Gasteiger partial charge in [-0.05, 0) is 71.6 Å². The van der Waals surface area contributed by atoms with Gasteiger partial charge in [-0.25, -0.2) is 0 Å². The minimum Gasteiger partial charge on any atom is -0.497 e. The van der Waals surface area contributed by atoms with E-state index in [1.165, 1.54) is 25.7 Å². The van der Waals surface area contributed by atoms with Crippen LogP contribution in [0.1, 0.15) is 71.9 Å². The van der Waals surface area contributed by atoms with E-state index in [4.69, 9.17) is 4.74 Å². The van der Waals surface area contributed by atoms with E-state index in [-0.39, 0.29) is 0 Å². The van der Waals surface area contributed by atoms with Crippen LogP contribution in [0.2, 0.25) is 0 Å². The molecular formula is C21H34O. The number of aryl methyl sites for hydroxylation is 1. The molecule has 0 amide bonds. The SMILES string of the molecule is CC.COc1ccc2c(c1)C1(C)CCC(C)C(C)(C)C1CC2. The van der Waals surface area contributed by atoms with Crippen molar-refractivity contribution in [3.8, 4) is 5.75 Å². The summed E-state index contributed by atoms with van der Waals surface area (Å²) in [4.78, 5) is 0. The van der Waals surface area contributed by atoms with Crippen molar-refractivity contribution in [1.29, 1.82) is 0 Å². The fourth-order valence-corrected chi connectivity index (χ4v) is 4.97. The molecule has 0 aliphatic heterocycles. The second-order valence-corrected chi connectivity index (χ2v) is 7.79. The first-order chi connectivity index (χ1) is 10.4. The fraction of sp³-hybridized carbons (Fsp3) is 0.714. The highest BCUT2D eigenvalue weighted by atomic mass is 16.5. The number of benzene rings is 1. The minimum atomic E-state index is 0.331. The van der Waals surface area contributed by atoms with E-state index in [0.29, 0.717) is 10.8 Å². The maximum absolute atomic E-state index is 5.48. The Morgan fingerprint density at radius 2 is 1.77 bits per heavy atom. The maximum atomic E-state index is 5.48. The van der Waals surface area contributed by atoms with Gasteiger partial charge < -0.3 is 4.74 Å². The molecule has 1 nitrogen and oxygen atoms in total. The van der Waals surface area contributed by atoms with E-state index in [2.05, 4.69) is 45.9 Å². The summed E-state index contributed by atoms with van der Waals surface area (Å²) in [7, 11) is 1.78. The molecule has 1 aromatic carbocycles. The number of hydrogen-bond donors (Lipinski definition) is 0. The molecule has 1 heteroatoms. The topological polar surface area (TPSA) is 9.23 Å². The predicted molar refractivity (Wildman–Crippen MR) is 95.7 cm³/mol. The minimum absolute atomic E-state index is 0.331. The third kappa shape index (κ3) is 2.57. The molecule has 2 aliphatic rings. The highest BCUT2D eigenvalue weighted by Gasteiger charge is 2.52. The number of methoxy groups -OCH3 is 1. The third-order valence-corrected chi connectivity index (χ3v) is 6.67. The first-order valence-corrected chi connectivity index (χ1v) is 9.07. The van der Waals surface area contributed by atoms with Crippen LogP contribution in [0.4, 0.5) is 0 Å². The smallest absolute Gasteiger partial charge is 0.119 e. The summed E-state index contributed by atoms with van der Waals surface area (Å²) < 4.78 is 5.48. The molecule has 3 rings (SSSR count). The van der Waals surface area contributed by atoms with E-state index >= 15 is 0 Å². The van der Waals surface area contributed by atoms with Crippen molar-refractivity contribution in [2.45, 2.75) is 72.6 Å². The molecule has 0 spiro atoms. The summed E-state index contributed by atoms with van der Waals surface area (Å²) in [5.41, 5.74) is 3.88. The summed E-state index contributed by atoms with van der Waals surface area (Å²) in [6.07, 6.45) is 5.24. The van der Waals surface area contributed by atoms with Crippen LogP contribution < -0.4 is 4.74 Å². The molecule has 0 bridgehead atoms. The van der Waals surface area contributed by atoms with Crippen molar-refractivity contribution in [2.24, 2.45) is 17.3 Å². The highest BCUT2D eigenvalue weighted by molar-refractivity contribution is 5.43. The molecule has 124 valence electrons. The second kappa shape index (κ2) is 6.26. The van der Waals surface area contributed by atoms with Gasteiger partial charge in [0.15, 0.2) is 0 Å². The third-order valence-electron chi connectivity index (χ3n) is 6.67. The molecular weight excluding hydrogens is 268 g/mol. The lowest BCUT2D eigenvalue weighted by Crippen LogP contribution is -2.51. The van der Waals surface area contributed by atoms with Crippen LogP contribution in [0.5, 0.6) is 5.75 Å². The van der Waals surface area contributed by atoms with Crippen molar-refractivity contribution in [1.82, 2.24) is 0 Å². The monoisotopic (exact) mass is 302 g/mol. The Morgan fingerprint density at radius 3 is 2.41 bits per heavy atom. The zero-order valence-corrected chi connectivity index (χ0v) is 15.6. The molecule has 1 saturated carbocycles. The summed E-state index contributed by atoms with van der Waals surface area (Å²) in [6, 6.07) is 6.73. The predicted octanol–water partition coefficient (Wildman–Crippen LogP) is 6.00. The maximum Gasteiger partial charge on any atom is 0.119 e. The van der Waals surface area contributed by atoms with Gasteiger partial charge in [0.2, 0.25) is 0 Å². The van der Waals surface area contributed by atoms with E-state index in [0.717, 1.165) is 17.6 Å². The first-order valence-electron chi connectivity index (χ1n) is 9.07. The van der Waals surface area contributed by atoms with Gasteiger partial charge in [0.25, 0.3) is 0 Å². The van der Waals surface area contributed by atoms with E-state index in [9.17, 15) is 0 Å². The lowest BCUT2D eigenvalue weighted by atomic mass is 9.48. The molecule has 0 heterocycles. The molecule has 0 radical (unpaired) electrons. The number of hydrogen-bond acceptors (Lipinski definition) is 1. The highest BCUT2D eigenvalue weighted by Crippen LogP contribution is 2.59. The van der Waals surface area contributed by atoms with Crippen molar-refractivity contribution >= 4 is 0 Å². The molecule has 3 atom stereocenters. The van der Waals surface area contributed by atoms with E-state index in [1.54, 1.807) is 18.2 Å². The van der Waals surface area contributed by atoms with Gasteiger partial charge in [-0.15, -0.1) is 0 Å². The van der Waals surface area contributed by atoms with Crippen molar-refractivity contribution < 1.29 is 4.74 Å². The number of rotatable bonds is 1. The quantitative estimate of drug-likeness (QED) is 0.618. The van der Waals surface area contributed by atoms with Gasteiger partial charge in [-0.3, -0.25) is 0 Å². The summed E-state index contributed by atoms with van der Waals surface area (Å²) >= 11 is 0. The van der Waals surface area contributed by atoms with Crippen LogP contribution in [-0.4, -0.2) is 7.11 Å². The summed E-state index contributed by atoms with van der Waals surface area (Å²) in [6.45, 7) is 13.9. The van der Waals surface area contributed by atoms with Gasteiger partial charge in [-0.2, -0.15) is 0 Å². The van der Waals surface area contributed by atoms with Crippen LogP contribution in [-0.2, 0) is 11.8 Å². The van der Waals surface area contributed by atoms with Gasteiger partial charge in [-0.1, -0.05) is 47.6 Å². The lowest BCUT2D eigenvalue weighted by Gasteiger charge is -2.57. The van der Waals surface area contributed by atoms with Crippen LogP contribution in [0.15, 0.2) is 18.2 Å². The van der Waals surface area contributed by atoms with Gasteiger partial charge in [0.05, 0.1) is 7.11 Å². The van der Waals surface area contributed by atoms with Crippen LogP contribution >= 0.6 is 0 Å². The molecule has 0 N–H and O–H groups in total. The second-order valence-electron chi connectivity index (χ2n) is 7.79. The van der Waals surface area contributed by atoms with Gasteiger partial charge in [0.1, 0.15) is 5.75 Å². The zero-order chi connectivity index (χ0) is 16.5. The molecule has 1 fully saturated rings. The number of ether oxygens (including phenoxy) is 1. The largest absolute Gasteiger partial charge is 0.497 e. The number of fused-ring (bicyclic) bond motifs is 3. The Morgan fingerprint density at radius 1 is 1.09 bits per heavy atom. The summed E-state index contributed by atoms with van der Waals surface area (Å²) in [5, 5.41) is 0. The van der Waals surface area contributed by atoms with Gasteiger partial charge >= 0.3 is 0 Å². The standard InChI is InChI=1S/C19H28O.C2H6/c1-13-10-11-19(4)16-12-15(20-5)8-6-14(16)7-9-17(19)18(13,2)3;1-2/h6,8,12-13,17H,7,9-11H2,1-5H3;1-2H3. The lowest BCUT2D eigenvalue weighted by molar-refractivity contribution is -0.00604. The molecule has 1 aromatic rings. The Balaban J connectivity index is 0.000000847. The fourth-order valence-electron chi connectivity index (χ4n) is 4.97.